The fourth-order valence-corrected chi connectivity index (χ4v) is 3.65. The number of halogens is 2. The van der Waals surface area contributed by atoms with Gasteiger partial charge in [-0.05, 0) is 48.8 Å². The molecular formula is C17H25Cl2N. The smallest absolute Gasteiger partial charge is 0.0595 e. The van der Waals surface area contributed by atoms with Crippen molar-refractivity contribution >= 4 is 23.2 Å². The summed E-state index contributed by atoms with van der Waals surface area (Å²) in [5.41, 5.74) is 1.76. The van der Waals surface area contributed by atoms with Gasteiger partial charge in [-0.3, -0.25) is 0 Å². The van der Waals surface area contributed by atoms with Crippen molar-refractivity contribution in [1.29, 1.82) is 0 Å². The lowest BCUT2D eigenvalue weighted by Crippen LogP contribution is -2.34. The van der Waals surface area contributed by atoms with Gasteiger partial charge in [0.2, 0.25) is 0 Å². The van der Waals surface area contributed by atoms with E-state index in [1.165, 1.54) is 37.7 Å². The lowest BCUT2D eigenvalue weighted by Gasteiger charge is -2.30. The molecule has 1 nitrogen and oxygen atoms in total. The molecular weight excluding hydrogens is 289 g/mol. The maximum atomic E-state index is 6.14. The van der Waals surface area contributed by atoms with E-state index in [1.807, 2.05) is 12.1 Å². The fourth-order valence-electron chi connectivity index (χ4n) is 3.35. The molecule has 0 radical (unpaired) electrons. The summed E-state index contributed by atoms with van der Waals surface area (Å²) in [6.45, 7) is 5.66. The maximum Gasteiger partial charge on any atom is 0.0595 e. The summed E-state index contributed by atoms with van der Waals surface area (Å²) in [5, 5.41) is 5.04. The van der Waals surface area contributed by atoms with Gasteiger partial charge in [0.15, 0.2) is 0 Å². The van der Waals surface area contributed by atoms with Gasteiger partial charge in [-0.2, -0.15) is 0 Å². The van der Waals surface area contributed by atoms with Crippen LogP contribution in [0.25, 0.3) is 0 Å². The SMILES string of the molecule is CCC(NCC1(CC)CCCC1)c1ccc(Cl)c(Cl)c1. The third-order valence-corrected chi connectivity index (χ3v) is 5.63. The van der Waals surface area contributed by atoms with Crippen molar-refractivity contribution in [1.82, 2.24) is 5.32 Å². The van der Waals surface area contributed by atoms with Gasteiger partial charge in [-0.25, -0.2) is 0 Å². The van der Waals surface area contributed by atoms with E-state index < -0.39 is 0 Å². The molecule has 1 atom stereocenters. The van der Waals surface area contributed by atoms with Crippen LogP contribution in [0, 0.1) is 5.41 Å². The number of hydrogen-bond donors (Lipinski definition) is 1. The molecule has 0 spiro atoms. The van der Waals surface area contributed by atoms with Gasteiger partial charge >= 0.3 is 0 Å². The van der Waals surface area contributed by atoms with Gasteiger partial charge in [-0.15, -0.1) is 0 Å². The van der Waals surface area contributed by atoms with Crippen molar-refractivity contribution < 1.29 is 0 Å². The van der Waals surface area contributed by atoms with E-state index in [9.17, 15) is 0 Å². The summed E-state index contributed by atoms with van der Waals surface area (Å²) in [4.78, 5) is 0. The Kier molecular flexibility index (Phi) is 5.77. The zero-order chi connectivity index (χ0) is 14.6. The van der Waals surface area contributed by atoms with Crippen LogP contribution < -0.4 is 5.32 Å². The molecule has 112 valence electrons. The largest absolute Gasteiger partial charge is 0.309 e. The first-order chi connectivity index (χ1) is 9.60. The zero-order valence-electron chi connectivity index (χ0n) is 12.5. The molecule has 0 aliphatic heterocycles. The van der Waals surface area contributed by atoms with Crippen LogP contribution in [0.1, 0.15) is 64.0 Å². The van der Waals surface area contributed by atoms with Crippen molar-refractivity contribution in [3.05, 3.63) is 33.8 Å². The van der Waals surface area contributed by atoms with Crippen LogP contribution in [-0.2, 0) is 0 Å². The Bertz CT molecular complexity index is 439. The van der Waals surface area contributed by atoms with Crippen LogP contribution in [0.3, 0.4) is 0 Å². The van der Waals surface area contributed by atoms with E-state index in [1.54, 1.807) is 0 Å². The van der Waals surface area contributed by atoms with Crippen molar-refractivity contribution in [2.24, 2.45) is 5.41 Å². The fraction of sp³-hybridized carbons (Fsp3) is 0.647. The van der Waals surface area contributed by atoms with Crippen LogP contribution in [0.5, 0.6) is 0 Å². The maximum absolute atomic E-state index is 6.14. The third-order valence-electron chi connectivity index (χ3n) is 4.89. The summed E-state index contributed by atoms with van der Waals surface area (Å²) in [7, 11) is 0. The molecule has 1 saturated carbocycles. The monoisotopic (exact) mass is 313 g/mol. The first kappa shape index (κ1) is 16.1. The zero-order valence-corrected chi connectivity index (χ0v) is 14.0. The minimum Gasteiger partial charge on any atom is -0.309 e. The summed E-state index contributed by atoms with van der Waals surface area (Å²) in [5.74, 6) is 0. The van der Waals surface area contributed by atoms with Crippen LogP contribution in [0.2, 0.25) is 10.0 Å². The second kappa shape index (κ2) is 7.15. The van der Waals surface area contributed by atoms with E-state index in [-0.39, 0.29) is 0 Å². The first-order valence-electron chi connectivity index (χ1n) is 7.78. The molecule has 1 aliphatic rings. The van der Waals surface area contributed by atoms with E-state index in [2.05, 4.69) is 25.2 Å². The third kappa shape index (κ3) is 3.69. The van der Waals surface area contributed by atoms with Crippen LogP contribution in [0.15, 0.2) is 18.2 Å². The normalized spacial score (nSPS) is 19.2. The van der Waals surface area contributed by atoms with E-state index >= 15 is 0 Å². The average Bonchev–Trinajstić information content (AvgIpc) is 2.93. The second-order valence-corrected chi connectivity index (χ2v) is 6.89. The van der Waals surface area contributed by atoms with Crippen molar-refractivity contribution in [3.8, 4) is 0 Å². The Morgan fingerprint density at radius 1 is 1.15 bits per heavy atom. The van der Waals surface area contributed by atoms with Gasteiger partial charge in [0.25, 0.3) is 0 Å². The van der Waals surface area contributed by atoms with Gasteiger partial charge in [0, 0.05) is 12.6 Å². The average molecular weight is 314 g/mol. The lowest BCUT2D eigenvalue weighted by atomic mass is 9.83. The predicted octanol–water partition coefficient (Wildman–Crippen LogP) is 6.00. The van der Waals surface area contributed by atoms with Crippen LogP contribution in [-0.4, -0.2) is 6.54 Å². The number of benzene rings is 1. The van der Waals surface area contributed by atoms with Crippen LogP contribution >= 0.6 is 23.2 Å². The van der Waals surface area contributed by atoms with E-state index in [0.717, 1.165) is 13.0 Å². The molecule has 1 fully saturated rings. The highest BCUT2D eigenvalue weighted by molar-refractivity contribution is 6.42. The molecule has 1 aromatic rings. The minimum absolute atomic E-state index is 0.369. The first-order valence-corrected chi connectivity index (χ1v) is 8.54. The van der Waals surface area contributed by atoms with Gasteiger partial charge in [0.05, 0.1) is 10.0 Å². The minimum atomic E-state index is 0.369. The Labute approximate surface area is 133 Å². The lowest BCUT2D eigenvalue weighted by molar-refractivity contribution is 0.254. The number of nitrogens with one attached hydrogen (secondary N) is 1. The highest BCUT2D eigenvalue weighted by Gasteiger charge is 2.32. The molecule has 0 heterocycles. The van der Waals surface area contributed by atoms with Crippen molar-refractivity contribution in [3.63, 3.8) is 0 Å². The highest BCUT2D eigenvalue weighted by atomic mass is 35.5. The summed E-state index contributed by atoms with van der Waals surface area (Å²) < 4.78 is 0. The Morgan fingerprint density at radius 2 is 1.85 bits per heavy atom. The quantitative estimate of drug-likeness (QED) is 0.678. The van der Waals surface area contributed by atoms with Gasteiger partial charge in [0.1, 0.15) is 0 Å². The van der Waals surface area contributed by atoms with Gasteiger partial charge in [-0.1, -0.05) is 56.0 Å². The molecule has 1 aliphatic carbocycles. The Balaban J connectivity index is 2.03. The van der Waals surface area contributed by atoms with E-state index in [0.29, 0.717) is 21.5 Å². The predicted molar refractivity (Wildman–Crippen MR) is 88.7 cm³/mol. The van der Waals surface area contributed by atoms with Gasteiger partial charge < -0.3 is 5.32 Å². The molecule has 2 rings (SSSR count). The molecule has 3 heteroatoms. The summed E-state index contributed by atoms with van der Waals surface area (Å²) in [6, 6.07) is 6.35. The highest BCUT2D eigenvalue weighted by Crippen LogP contribution is 2.41. The molecule has 0 amide bonds. The topological polar surface area (TPSA) is 12.0 Å². The number of hydrogen-bond acceptors (Lipinski definition) is 1. The molecule has 0 bridgehead atoms. The molecule has 1 aromatic carbocycles. The Hall–Kier alpha value is -0.240. The molecule has 0 saturated heterocycles. The number of rotatable bonds is 6. The molecule has 0 aromatic heterocycles. The summed E-state index contributed by atoms with van der Waals surface area (Å²) >= 11 is 12.1. The van der Waals surface area contributed by atoms with Crippen molar-refractivity contribution in [2.45, 2.75) is 58.4 Å². The Morgan fingerprint density at radius 3 is 2.40 bits per heavy atom. The van der Waals surface area contributed by atoms with E-state index in [4.69, 9.17) is 23.2 Å². The molecule has 1 unspecified atom stereocenters. The second-order valence-electron chi connectivity index (χ2n) is 6.08. The molecule has 20 heavy (non-hydrogen) atoms. The molecule has 1 N–H and O–H groups in total. The van der Waals surface area contributed by atoms with Crippen LogP contribution in [0.4, 0.5) is 0 Å². The standard InChI is InChI=1S/C17H25Cl2N/c1-3-16(13-7-8-14(18)15(19)11-13)20-12-17(4-2)9-5-6-10-17/h7-8,11,16,20H,3-6,9-10,12H2,1-2H3. The van der Waals surface area contributed by atoms with Crippen molar-refractivity contribution in [2.75, 3.05) is 6.54 Å². The summed E-state index contributed by atoms with van der Waals surface area (Å²) in [6.07, 6.45) is 7.86.